The van der Waals surface area contributed by atoms with Crippen molar-refractivity contribution < 1.29 is 80.2 Å². The highest BCUT2D eigenvalue weighted by Crippen LogP contribution is 2.57. The first-order chi connectivity index (χ1) is 46.1. The number of rotatable bonds is 12. The van der Waals surface area contributed by atoms with E-state index in [1.807, 2.05) is 6.07 Å². The number of fused-ring (bicyclic) bond motifs is 8. The number of hydrogen-bond donors (Lipinski definition) is 12. The van der Waals surface area contributed by atoms with Crippen molar-refractivity contribution in [2.24, 2.45) is 23.7 Å². The van der Waals surface area contributed by atoms with Crippen molar-refractivity contribution in [2.75, 3.05) is 0 Å². The Morgan fingerprint density at radius 3 is 0.594 bits per heavy atom. The van der Waals surface area contributed by atoms with Gasteiger partial charge in [0.2, 0.25) is 0 Å². The van der Waals surface area contributed by atoms with Crippen molar-refractivity contribution in [3.8, 4) is 92.0 Å². The third-order valence-electron chi connectivity index (χ3n) is 21.5. The molecule has 4 saturated carbocycles. The zero-order chi connectivity index (χ0) is 67.4. The third-order valence-corrected chi connectivity index (χ3v) is 21.5. The summed E-state index contributed by atoms with van der Waals surface area (Å²) in [5, 5.41) is 144. The molecule has 0 aromatic heterocycles. The molecule has 0 heterocycles. The first-order valence-electron chi connectivity index (χ1n) is 34.3. The largest absolute Gasteiger partial charge is 0.507 e. The maximum Gasteiger partial charge on any atom is 0.157 e. The molecule has 12 N–H and O–H groups in total. The molecule has 8 aromatic carbocycles. The average molecular weight is 1310 g/mol. The van der Waals surface area contributed by atoms with Crippen LogP contribution in [0.1, 0.15) is 221 Å². The molecular formula is C80H88O16. The highest BCUT2D eigenvalue weighted by atomic mass is 16.5. The summed E-state index contributed by atoms with van der Waals surface area (Å²) in [6.07, 6.45) is 11.1. The van der Waals surface area contributed by atoms with Crippen LogP contribution in [0.3, 0.4) is 0 Å². The van der Waals surface area contributed by atoms with E-state index >= 15 is 0 Å². The highest BCUT2D eigenvalue weighted by molar-refractivity contribution is 5.69. The van der Waals surface area contributed by atoms with Crippen LogP contribution in [0.5, 0.6) is 92.0 Å². The van der Waals surface area contributed by atoms with Gasteiger partial charge in [-0.3, -0.25) is 0 Å². The Kier molecular flexibility index (Phi) is 18.3. The van der Waals surface area contributed by atoms with E-state index in [4.69, 9.17) is 18.9 Å². The summed E-state index contributed by atoms with van der Waals surface area (Å²) >= 11 is 0. The molecule has 96 heavy (non-hydrogen) atoms. The summed E-state index contributed by atoms with van der Waals surface area (Å²) in [5.41, 5.74) is 3.72. The van der Waals surface area contributed by atoms with Gasteiger partial charge in [0, 0.05) is 92.4 Å². The zero-order valence-corrected chi connectivity index (χ0v) is 54.8. The highest BCUT2D eigenvalue weighted by Gasteiger charge is 2.39. The molecule has 4 unspecified atom stereocenters. The molecule has 16 heteroatoms. The smallest absolute Gasteiger partial charge is 0.157 e. The van der Waals surface area contributed by atoms with Gasteiger partial charge < -0.3 is 80.2 Å². The predicted octanol–water partition coefficient (Wildman–Crippen LogP) is 17.0. The normalized spacial score (nSPS) is 25.1. The van der Waals surface area contributed by atoms with Gasteiger partial charge in [-0.1, -0.05) is 52.0 Å². The quantitative estimate of drug-likeness (QED) is 0.0507. The lowest BCUT2D eigenvalue weighted by Gasteiger charge is -2.34. The Morgan fingerprint density at radius 1 is 0.208 bits per heavy atom. The average Bonchev–Trinajstić information content (AvgIpc) is 0.739. The fourth-order valence-electron chi connectivity index (χ4n) is 15.7. The van der Waals surface area contributed by atoms with Crippen LogP contribution in [0, 0.1) is 23.7 Å². The van der Waals surface area contributed by atoms with Crippen LogP contribution in [0.15, 0.2) is 121 Å². The van der Waals surface area contributed by atoms with Crippen LogP contribution in [0.25, 0.3) is 0 Å². The Bertz CT molecular complexity index is 4170. The Labute approximate surface area is 559 Å². The lowest BCUT2D eigenvalue weighted by atomic mass is 9.75. The molecule has 0 aliphatic heterocycles. The van der Waals surface area contributed by atoms with Crippen LogP contribution in [0.2, 0.25) is 0 Å². The van der Waals surface area contributed by atoms with Crippen molar-refractivity contribution >= 4 is 0 Å². The molecule has 8 bridgehead atoms. The molecule has 5 aliphatic carbocycles. The maximum absolute atomic E-state index is 13.4. The van der Waals surface area contributed by atoms with E-state index < -0.39 is 69.7 Å². The monoisotopic (exact) mass is 1300 g/mol. The van der Waals surface area contributed by atoms with E-state index in [-0.39, 0.29) is 92.7 Å². The van der Waals surface area contributed by atoms with E-state index in [0.29, 0.717) is 120 Å². The minimum atomic E-state index is -1.25. The first-order valence-corrected chi connectivity index (χ1v) is 34.3. The molecular weight excluding hydrogens is 1220 g/mol. The topological polar surface area (TPSA) is 280 Å². The number of phenols is 12. The standard InChI is InChI=1S/C80H88O16/c1-41-5-17-49(18-6-41)93-73-37-65(85)53-33-57(73)78(46-14-26-62(82)70(90)30-46)55-35-58(74(39-67(55)87)94-50-19-7-42(2)8-20-50)79(47-15-27-63(83)71(91)31-47)56-36-60(76(40-68(56)88)96-52-23-11-44(4)12-24-52)80(48-16-28-64(84)72(92)32-48)59-34-54(77(53)45-13-25-61(81)69(89)29-45)66(86)38-75(59)95-51-21-9-43(3)10-22-51/h13-16,25-44,49-52,77-92H,5-12,17-24H2,1-4H3. The van der Waals surface area contributed by atoms with Crippen LogP contribution in [-0.2, 0) is 0 Å². The fourth-order valence-corrected chi connectivity index (χ4v) is 15.7. The summed E-state index contributed by atoms with van der Waals surface area (Å²) in [6.45, 7) is 8.81. The van der Waals surface area contributed by atoms with Gasteiger partial charge in [-0.05, 0) is 221 Å². The summed E-state index contributed by atoms with van der Waals surface area (Å²) in [5.74, 6) is -6.70. The zero-order valence-electron chi connectivity index (χ0n) is 54.8. The van der Waals surface area contributed by atoms with E-state index in [0.717, 1.165) is 51.4 Å². The second kappa shape index (κ2) is 27.0. The van der Waals surface area contributed by atoms with Gasteiger partial charge >= 0.3 is 0 Å². The van der Waals surface area contributed by atoms with Gasteiger partial charge in [0.25, 0.3) is 0 Å². The number of ether oxygens (including phenoxy) is 4. The van der Waals surface area contributed by atoms with E-state index in [9.17, 15) is 61.3 Å². The minimum absolute atomic E-state index is 0.154. The molecule has 8 aromatic rings. The molecule has 5 aliphatic rings. The van der Waals surface area contributed by atoms with Gasteiger partial charge in [0.15, 0.2) is 46.0 Å². The summed E-state index contributed by atoms with van der Waals surface area (Å²) in [6, 6.07) is 30.8. The molecule has 4 atom stereocenters. The summed E-state index contributed by atoms with van der Waals surface area (Å²) in [7, 11) is 0. The van der Waals surface area contributed by atoms with Gasteiger partial charge in [0.05, 0.1) is 24.4 Å². The van der Waals surface area contributed by atoms with Crippen LogP contribution in [0.4, 0.5) is 0 Å². The second-order valence-corrected chi connectivity index (χ2v) is 28.5. The first kappa shape index (κ1) is 65.2. The van der Waals surface area contributed by atoms with E-state index in [1.165, 1.54) is 54.6 Å². The third kappa shape index (κ3) is 13.3. The van der Waals surface area contributed by atoms with Crippen molar-refractivity contribution in [2.45, 2.75) is 179 Å². The molecule has 0 radical (unpaired) electrons. The van der Waals surface area contributed by atoms with Crippen LogP contribution >= 0.6 is 0 Å². The van der Waals surface area contributed by atoms with Gasteiger partial charge in [-0.15, -0.1) is 0 Å². The van der Waals surface area contributed by atoms with Crippen molar-refractivity contribution in [3.05, 3.63) is 188 Å². The van der Waals surface area contributed by atoms with E-state index in [2.05, 4.69) is 27.7 Å². The number of phenolic OH excluding ortho intramolecular Hbond substituents is 12. The van der Waals surface area contributed by atoms with Crippen LogP contribution < -0.4 is 18.9 Å². The Hall–Kier alpha value is -9.44. The number of aromatic hydroxyl groups is 12. The SMILES string of the molecule is CC1CCC(Oc2cc(O)c3cc2C(c2ccc(O)c(O)c2)c2cc(c(OC4CCC(C)CC4)cc2O)C(c2ccc(O)c(O)c2)c2cc(c(OC4CCC(C)CC4)cc2O)C(c2ccc(O)c(O)c2)c2cc(c(O)cc2OC2CCC(C)CC2)C3c2ccc(O)c(O)c2)CC1. The predicted molar refractivity (Wildman–Crippen MR) is 363 cm³/mol. The molecule has 0 saturated heterocycles. The van der Waals surface area contributed by atoms with Crippen LogP contribution in [-0.4, -0.2) is 85.7 Å². The summed E-state index contributed by atoms with van der Waals surface area (Å²) in [4.78, 5) is 0. The van der Waals surface area contributed by atoms with E-state index in [1.54, 1.807) is 60.7 Å². The Balaban J connectivity index is 1.21. The molecule has 0 spiro atoms. The molecule has 504 valence electrons. The molecule has 13 rings (SSSR count). The van der Waals surface area contributed by atoms with Gasteiger partial charge in [-0.2, -0.15) is 0 Å². The second-order valence-electron chi connectivity index (χ2n) is 28.5. The lowest BCUT2D eigenvalue weighted by Crippen LogP contribution is -2.25. The Morgan fingerprint density at radius 2 is 0.396 bits per heavy atom. The molecule has 0 amide bonds. The molecule has 16 nitrogen and oxygen atoms in total. The number of benzene rings is 8. The van der Waals surface area contributed by atoms with Crippen molar-refractivity contribution in [1.29, 1.82) is 0 Å². The molecule has 4 fully saturated rings. The lowest BCUT2D eigenvalue weighted by molar-refractivity contribution is 0.132. The summed E-state index contributed by atoms with van der Waals surface area (Å²) < 4.78 is 28.9. The van der Waals surface area contributed by atoms with Gasteiger partial charge in [-0.25, -0.2) is 0 Å². The maximum atomic E-state index is 13.4. The van der Waals surface area contributed by atoms with Gasteiger partial charge in [0.1, 0.15) is 46.0 Å². The fraction of sp³-hybridized carbons (Fsp3) is 0.400. The number of hydrogen-bond acceptors (Lipinski definition) is 16. The van der Waals surface area contributed by atoms with Crippen molar-refractivity contribution in [1.82, 2.24) is 0 Å². The minimum Gasteiger partial charge on any atom is -0.507 e. The van der Waals surface area contributed by atoms with Crippen molar-refractivity contribution in [3.63, 3.8) is 0 Å².